The fourth-order valence-electron chi connectivity index (χ4n) is 3.13. The SMILES string of the molecule is CC(C)C1CCCC(Nc2ccc(CS(N)(=O)=O)cc2)C1. The summed E-state index contributed by atoms with van der Waals surface area (Å²) in [4.78, 5) is 0. The van der Waals surface area contributed by atoms with Crippen molar-refractivity contribution in [3.8, 4) is 0 Å². The van der Waals surface area contributed by atoms with E-state index in [0.29, 0.717) is 6.04 Å². The molecule has 2 atom stereocenters. The first-order chi connectivity index (χ1) is 9.83. The van der Waals surface area contributed by atoms with E-state index in [0.717, 1.165) is 23.1 Å². The van der Waals surface area contributed by atoms with Gasteiger partial charge < -0.3 is 5.32 Å². The van der Waals surface area contributed by atoms with E-state index in [2.05, 4.69) is 19.2 Å². The van der Waals surface area contributed by atoms with E-state index in [1.807, 2.05) is 24.3 Å². The van der Waals surface area contributed by atoms with Gasteiger partial charge in [0.05, 0.1) is 5.75 Å². The van der Waals surface area contributed by atoms with Gasteiger partial charge in [-0.25, -0.2) is 13.6 Å². The molecule has 1 aliphatic rings. The number of rotatable bonds is 5. The molecule has 5 heteroatoms. The number of nitrogens with two attached hydrogens (primary N) is 1. The maximum absolute atomic E-state index is 11.1. The van der Waals surface area contributed by atoms with E-state index in [4.69, 9.17) is 5.14 Å². The Labute approximate surface area is 128 Å². The van der Waals surface area contributed by atoms with E-state index >= 15 is 0 Å². The highest BCUT2D eigenvalue weighted by atomic mass is 32.2. The molecule has 0 heterocycles. The average molecular weight is 310 g/mol. The third kappa shape index (κ3) is 5.32. The summed E-state index contributed by atoms with van der Waals surface area (Å²) >= 11 is 0. The molecule has 0 aliphatic heterocycles. The molecule has 1 aromatic carbocycles. The first kappa shape index (κ1) is 16.3. The molecule has 0 bridgehead atoms. The molecular weight excluding hydrogens is 284 g/mol. The molecule has 118 valence electrons. The summed E-state index contributed by atoms with van der Waals surface area (Å²) in [5.74, 6) is 1.44. The molecule has 21 heavy (non-hydrogen) atoms. The summed E-state index contributed by atoms with van der Waals surface area (Å²) in [5.41, 5.74) is 1.79. The van der Waals surface area contributed by atoms with Crippen LogP contribution in [-0.2, 0) is 15.8 Å². The molecule has 0 saturated heterocycles. The minimum Gasteiger partial charge on any atom is -0.382 e. The topological polar surface area (TPSA) is 72.2 Å². The summed E-state index contributed by atoms with van der Waals surface area (Å²) in [7, 11) is -3.45. The third-order valence-electron chi connectivity index (χ3n) is 4.35. The van der Waals surface area contributed by atoms with Gasteiger partial charge in [-0.1, -0.05) is 38.8 Å². The molecule has 3 N–H and O–H groups in total. The van der Waals surface area contributed by atoms with Gasteiger partial charge in [-0.05, 0) is 42.4 Å². The second-order valence-corrected chi connectivity index (χ2v) is 8.13. The minimum atomic E-state index is -3.45. The van der Waals surface area contributed by atoms with Gasteiger partial charge in [-0.2, -0.15) is 0 Å². The van der Waals surface area contributed by atoms with Crippen LogP contribution in [0, 0.1) is 11.8 Å². The van der Waals surface area contributed by atoms with Crippen molar-refractivity contribution in [1.29, 1.82) is 0 Å². The van der Waals surface area contributed by atoms with Crippen molar-refractivity contribution in [2.45, 2.75) is 51.3 Å². The van der Waals surface area contributed by atoms with Gasteiger partial charge in [0, 0.05) is 11.7 Å². The predicted octanol–water partition coefficient (Wildman–Crippen LogP) is 3.10. The fourth-order valence-corrected chi connectivity index (χ4v) is 3.79. The van der Waals surface area contributed by atoms with E-state index in [1.165, 1.54) is 25.7 Å². The second kappa shape index (κ2) is 6.79. The molecule has 1 saturated carbocycles. The molecule has 1 aromatic rings. The Morgan fingerprint density at radius 2 is 1.90 bits per heavy atom. The van der Waals surface area contributed by atoms with Crippen LogP contribution < -0.4 is 10.5 Å². The quantitative estimate of drug-likeness (QED) is 0.877. The molecule has 2 unspecified atom stereocenters. The van der Waals surface area contributed by atoms with Crippen molar-refractivity contribution in [1.82, 2.24) is 0 Å². The Morgan fingerprint density at radius 1 is 1.24 bits per heavy atom. The zero-order chi connectivity index (χ0) is 15.5. The largest absolute Gasteiger partial charge is 0.382 e. The summed E-state index contributed by atoms with van der Waals surface area (Å²) in [5, 5.41) is 8.63. The molecule has 2 rings (SSSR count). The van der Waals surface area contributed by atoms with Gasteiger partial charge in [0.1, 0.15) is 0 Å². The summed E-state index contributed by atoms with van der Waals surface area (Å²) < 4.78 is 22.1. The number of anilines is 1. The van der Waals surface area contributed by atoms with Crippen LogP contribution in [0.1, 0.15) is 45.1 Å². The highest BCUT2D eigenvalue weighted by Gasteiger charge is 2.23. The number of nitrogens with one attached hydrogen (secondary N) is 1. The highest BCUT2D eigenvalue weighted by molar-refractivity contribution is 7.88. The van der Waals surface area contributed by atoms with Crippen LogP contribution in [0.5, 0.6) is 0 Å². The maximum atomic E-state index is 11.1. The Balaban J connectivity index is 1.94. The molecule has 0 amide bonds. The summed E-state index contributed by atoms with van der Waals surface area (Å²) in [6.07, 6.45) is 5.05. The van der Waals surface area contributed by atoms with Crippen LogP contribution in [0.2, 0.25) is 0 Å². The number of hydrogen-bond donors (Lipinski definition) is 2. The summed E-state index contributed by atoms with van der Waals surface area (Å²) in [6.45, 7) is 4.60. The molecule has 4 nitrogen and oxygen atoms in total. The van der Waals surface area contributed by atoms with E-state index in [9.17, 15) is 8.42 Å². The average Bonchev–Trinajstić information content (AvgIpc) is 2.40. The zero-order valence-electron chi connectivity index (χ0n) is 12.9. The fraction of sp³-hybridized carbons (Fsp3) is 0.625. The predicted molar refractivity (Wildman–Crippen MR) is 87.5 cm³/mol. The Kier molecular flexibility index (Phi) is 5.27. The molecule has 1 aliphatic carbocycles. The number of benzene rings is 1. The van der Waals surface area contributed by atoms with Gasteiger partial charge in [-0.3, -0.25) is 0 Å². The number of primary sulfonamides is 1. The van der Waals surface area contributed by atoms with Crippen molar-refractivity contribution in [3.63, 3.8) is 0 Å². The van der Waals surface area contributed by atoms with Gasteiger partial charge in [0.25, 0.3) is 0 Å². The van der Waals surface area contributed by atoms with Crippen molar-refractivity contribution in [2.24, 2.45) is 17.0 Å². The normalized spacial score (nSPS) is 23.2. The second-order valence-electron chi connectivity index (χ2n) is 6.52. The van der Waals surface area contributed by atoms with Gasteiger partial charge in [0.15, 0.2) is 0 Å². The van der Waals surface area contributed by atoms with Crippen molar-refractivity contribution in [2.75, 3.05) is 5.32 Å². The lowest BCUT2D eigenvalue weighted by atomic mass is 9.79. The lowest BCUT2D eigenvalue weighted by Gasteiger charge is -2.32. The van der Waals surface area contributed by atoms with Crippen molar-refractivity contribution < 1.29 is 8.42 Å². The highest BCUT2D eigenvalue weighted by Crippen LogP contribution is 2.31. The van der Waals surface area contributed by atoms with Crippen LogP contribution in [0.4, 0.5) is 5.69 Å². The Bertz CT molecular complexity index is 552. The Hall–Kier alpha value is -1.07. The monoisotopic (exact) mass is 310 g/mol. The third-order valence-corrected chi connectivity index (χ3v) is 5.09. The first-order valence-corrected chi connectivity index (χ1v) is 9.41. The zero-order valence-corrected chi connectivity index (χ0v) is 13.7. The number of hydrogen-bond acceptors (Lipinski definition) is 3. The first-order valence-electron chi connectivity index (χ1n) is 7.69. The van der Waals surface area contributed by atoms with Crippen LogP contribution in [-0.4, -0.2) is 14.5 Å². The smallest absolute Gasteiger partial charge is 0.213 e. The maximum Gasteiger partial charge on any atom is 0.213 e. The van der Waals surface area contributed by atoms with Crippen LogP contribution in [0.15, 0.2) is 24.3 Å². The molecule has 0 spiro atoms. The molecular formula is C16H26N2O2S. The van der Waals surface area contributed by atoms with Gasteiger partial charge in [0.2, 0.25) is 10.0 Å². The van der Waals surface area contributed by atoms with Crippen molar-refractivity contribution in [3.05, 3.63) is 29.8 Å². The minimum absolute atomic E-state index is 0.105. The molecule has 1 fully saturated rings. The Morgan fingerprint density at radius 3 is 2.48 bits per heavy atom. The standard InChI is InChI=1S/C16H26N2O2S/c1-12(2)14-4-3-5-16(10-14)18-15-8-6-13(7-9-15)11-21(17,19)20/h6-9,12,14,16,18H,3-5,10-11H2,1-2H3,(H2,17,19,20). The van der Waals surface area contributed by atoms with E-state index in [1.54, 1.807) is 0 Å². The van der Waals surface area contributed by atoms with Crippen molar-refractivity contribution >= 4 is 15.7 Å². The lowest BCUT2D eigenvalue weighted by molar-refractivity contribution is 0.264. The number of sulfonamides is 1. The lowest BCUT2D eigenvalue weighted by Crippen LogP contribution is -2.29. The van der Waals surface area contributed by atoms with Crippen LogP contribution >= 0.6 is 0 Å². The van der Waals surface area contributed by atoms with E-state index in [-0.39, 0.29) is 5.75 Å². The molecule has 0 radical (unpaired) electrons. The summed E-state index contributed by atoms with van der Waals surface area (Å²) in [6, 6.07) is 8.07. The van der Waals surface area contributed by atoms with Gasteiger partial charge >= 0.3 is 0 Å². The van der Waals surface area contributed by atoms with Gasteiger partial charge in [-0.15, -0.1) is 0 Å². The van der Waals surface area contributed by atoms with E-state index < -0.39 is 10.0 Å². The van der Waals surface area contributed by atoms with Crippen LogP contribution in [0.3, 0.4) is 0 Å². The molecule has 0 aromatic heterocycles. The van der Waals surface area contributed by atoms with Crippen LogP contribution in [0.25, 0.3) is 0 Å².